The van der Waals surface area contributed by atoms with Crippen molar-refractivity contribution in [2.75, 3.05) is 13.2 Å². The number of nitrogens with zero attached hydrogens (tertiary/aromatic N) is 1. The smallest absolute Gasteiger partial charge is 0.245 e. The van der Waals surface area contributed by atoms with E-state index in [1.165, 1.54) is 5.56 Å². The van der Waals surface area contributed by atoms with Gasteiger partial charge in [-0.15, -0.1) is 0 Å². The molecular weight excluding hydrogens is 300 g/mol. The molecule has 4 nitrogen and oxygen atoms in total. The molecule has 2 heterocycles. The predicted molar refractivity (Wildman–Crippen MR) is 92.2 cm³/mol. The molecule has 2 aliphatic heterocycles. The molecule has 1 N–H and O–H groups in total. The molecule has 0 aliphatic carbocycles. The zero-order valence-electron chi connectivity index (χ0n) is 13.7. The number of hydrogen-bond acceptors (Lipinski definition) is 3. The van der Waals surface area contributed by atoms with Crippen LogP contribution in [0, 0.1) is 0 Å². The van der Waals surface area contributed by atoms with Gasteiger partial charge in [0.25, 0.3) is 0 Å². The molecule has 4 heteroatoms. The van der Waals surface area contributed by atoms with Gasteiger partial charge in [-0.1, -0.05) is 60.7 Å². The lowest BCUT2D eigenvalue weighted by Crippen LogP contribution is -2.58. The summed E-state index contributed by atoms with van der Waals surface area (Å²) < 4.78 is 5.88. The number of nitrogens with one attached hydrogen (secondary N) is 1. The molecule has 2 saturated heterocycles. The van der Waals surface area contributed by atoms with Crippen LogP contribution in [-0.2, 0) is 22.7 Å². The fourth-order valence-corrected chi connectivity index (χ4v) is 3.75. The minimum Gasteiger partial charge on any atom is -0.374 e. The topological polar surface area (TPSA) is 41.6 Å². The second-order valence-corrected chi connectivity index (χ2v) is 6.72. The Balaban J connectivity index is 1.40. The zero-order chi connectivity index (χ0) is 16.4. The Hall–Kier alpha value is -2.17. The average Bonchev–Trinajstić information content (AvgIpc) is 3.15. The third-order valence-electron chi connectivity index (χ3n) is 5.03. The molecule has 1 amide bonds. The molecule has 4 rings (SSSR count). The molecule has 2 atom stereocenters. The van der Waals surface area contributed by atoms with Crippen LogP contribution in [0.15, 0.2) is 60.7 Å². The lowest BCUT2D eigenvalue weighted by Gasteiger charge is -2.33. The molecule has 0 unspecified atom stereocenters. The fraction of sp³-hybridized carbons (Fsp3) is 0.350. The van der Waals surface area contributed by atoms with Crippen LogP contribution in [0.2, 0.25) is 0 Å². The number of benzene rings is 2. The standard InChI is InChI=1S/C20H22N2O2/c23-19-20(15-24-14-17-9-5-2-6-10-17)11-18(12-21-20)22(19)13-16-7-3-1-4-8-16/h1-10,18,21H,11-15H2/t18-,20+/m0/s1. The van der Waals surface area contributed by atoms with Crippen molar-refractivity contribution in [2.45, 2.75) is 31.2 Å². The Kier molecular flexibility index (Phi) is 4.08. The minimum absolute atomic E-state index is 0.177. The maximum atomic E-state index is 12.9. The number of carbonyl (C=O) groups excluding carboxylic acids is 1. The van der Waals surface area contributed by atoms with Crippen LogP contribution in [0.5, 0.6) is 0 Å². The Morgan fingerprint density at radius 2 is 1.71 bits per heavy atom. The maximum Gasteiger partial charge on any atom is 0.245 e. The number of likely N-dealkylation sites (tertiary alicyclic amines) is 1. The first-order valence-electron chi connectivity index (χ1n) is 8.49. The highest BCUT2D eigenvalue weighted by atomic mass is 16.5. The summed E-state index contributed by atoms with van der Waals surface area (Å²) in [5.74, 6) is 0.177. The number of hydrogen-bond donors (Lipinski definition) is 1. The van der Waals surface area contributed by atoms with Crippen molar-refractivity contribution < 1.29 is 9.53 Å². The predicted octanol–water partition coefficient (Wildman–Crippen LogP) is 2.35. The molecule has 2 fully saturated rings. The maximum absolute atomic E-state index is 12.9. The van der Waals surface area contributed by atoms with E-state index >= 15 is 0 Å². The van der Waals surface area contributed by atoms with E-state index in [0.29, 0.717) is 19.8 Å². The molecule has 0 radical (unpaired) electrons. The number of rotatable bonds is 6. The van der Waals surface area contributed by atoms with E-state index in [1.807, 2.05) is 53.4 Å². The molecule has 124 valence electrons. The largest absolute Gasteiger partial charge is 0.374 e. The number of amides is 1. The highest BCUT2D eigenvalue weighted by molar-refractivity contribution is 5.90. The monoisotopic (exact) mass is 322 g/mol. The van der Waals surface area contributed by atoms with E-state index in [4.69, 9.17) is 4.74 Å². The van der Waals surface area contributed by atoms with Gasteiger partial charge in [0.1, 0.15) is 5.54 Å². The number of carbonyl (C=O) groups is 1. The van der Waals surface area contributed by atoms with Gasteiger partial charge in [0, 0.05) is 19.1 Å². The van der Waals surface area contributed by atoms with Gasteiger partial charge in [0.05, 0.1) is 13.2 Å². The van der Waals surface area contributed by atoms with E-state index < -0.39 is 5.54 Å². The van der Waals surface area contributed by atoms with Crippen molar-refractivity contribution in [2.24, 2.45) is 0 Å². The van der Waals surface area contributed by atoms with Crippen molar-refractivity contribution in [3.05, 3.63) is 71.8 Å². The SMILES string of the molecule is O=C1N(Cc2ccccc2)[C@@H]2CN[C@@]1(COCc1ccccc1)C2. The third kappa shape index (κ3) is 2.83. The van der Waals surface area contributed by atoms with Crippen LogP contribution in [-0.4, -0.2) is 35.5 Å². The van der Waals surface area contributed by atoms with Crippen LogP contribution < -0.4 is 5.32 Å². The summed E-state index contributed by atoms with van der Waals surface area (Å²) in [6.07, 6.45) is 0.841. The summed E-state index contributed by atoms with van der Waals surface area (Å²) in [4.78, 5) is 14.9. The van der Waals surface area contributed by atoms with E-state index in [2.05, 4.69) is 17.4 Å². The van der Waals surface area contributed by atoms with Gasteiger partial charge in [0.2, 0.25) is 5.91 Å². The highest BCUT2D eigenvalue weighted by Crippen LogP contribution is 2.35. The van der Waals surface area contributed by atoms with Gasteiger partial charge >= 0.3 is 0 Å². The zero-order valence-corrected chi connectivity index (χ0v) is 13.7. The molecular formula is C20H22N2O2. The first-order chi connectivity index (χ1) is 11.8. The van der Waals surface area contributed by atoms with E-state index in [9.17, 15) is 4.79 Å². The van der Waals surface area contributed by atoms with Gasteiger partial charge in [-0.05, 0) is 17.5 Å². The lowest BCUT2D eigenvalue weighted by atomic mass is 10.0. The highest BCUT2D eigenvalue weighted by Gasteiger charge is 2.56. The van der Waals surface area contributed by atoms with Crippen molar-refractivity contribution in [1.82, 2.24) is 10.2 Å². The Morgan fingerprint density at radius 3 is 2.42 bits per heavy atom. The van der Waals surface area contributed by atoms with Crippen molar-refractivity contribution >= 4 is 5.91 Å². The number of fused-ring (bicyclic) bond motifs is 2. The molecule has 2 aliphatic rings. The normalized spacial score (nSPS) is 25.4. The molecule has 0 aromatic heterocycles. The molecule has 0 spiro atoms. The van der Waals surface area contributed by atoms with Crippen LogP contribution in [0.4, 0.5) is 0 Å². The van der Waals surface area contributed by atoms with Crippen molar-refractivity contribution in [3.8, 4) is 0 Å². The van der Waals surface area contributed by atoms with Crippen LogP contribution >= 0.6 is 0 Å². The summed E-state index contributed by atoms with van der Waals surface area (Å²) in [6, 6.07) is 20.5. The summed E-state index contributed by atoms with van der Waals surface area (Å²) in [7, 11) is 0. The summed E-state index contributed by atoms with van der Waals surface area (Å²) in [6.45, 7) is 2.52. The quantitative estimate of drug-likeness (QED) is 0.887. The van der Waals surface area contributed by atoms with Gasteiger partial charge in [-0.2, -0.15) is 0 Å². The molecule has 0 saturated carbocycles. The van der Waals surface area contributed by atoms with Gasteiger partial charge in [-0.3, -0.25) is 10.1 Å². The number of piperazine rings is 1. The fourth-order valence-electron chi connectivity index (χ4n) is 3.75. The second kappa shape index (κ2) is 6.38. The van der Waals surface area contributed by atoms with Crippen LogP contribution in [0.3, 0.4) is 0 Å². The Bertz CT molecular complexity index is 704. The van der Waals surface area contributed by atoms with Crippen LogP contribution in [0.25, 0.3) is 0 Å². The Labute approximate surface area is 142 Å². The Morgan fingerprint density at radius 1 is 1.04 bits per heavy atom. The summed E-state index contributed by atoms with van der Waals surface area (Å²) >= 11 is 0. The van der Waals surface area contributed by atoms with E-state index in [0.717, 1.165) is 18.5 Å². The molecule has 2 bridgehead atoms. The molecule has 2 aromatic carbocycles. The first kappa shape index (κ1) is 15.4. The summed E-state index contributed by atoms with van der Waals surface area (Å²) in [5.41, 5.74) is 1.78. The van der Waals surface area contributed by atoms with Crippen molar-refractivity contribution in [3.63, 3.8) is 0 Å². The lowest BCUT2D eigenvalue weighted by molar-refractivity contribution is -0.139. The minimum atomic E-state index is -0.534. The van der Waals surface area contributed by atoms with E-state index in [-0.39, 0.29) is 11.9 Å². The van der Waals surface area contributed by atoms with Crippen molar-refractivity contribution in [1.29, 1.82) is 0 Å². The van der Waals surface area contributed by atoms with Gasteiger partial charge in [0.15, 0.2) is 0 Å². The molecule has 24 heavy (non-hydrogen) atoms. The van der Waals surface area contributed by atoms with Gasteiger partial charge in [-0.25, -0.2) is 0 Å². The molecule has 2 aromatic rings. The second-order valence-electron chi connectivity index (χ2n) is 6.72. The average molecular weight is 322 g/mol. The third-order valence-corrected chi connectivity index (χ3v) is 5.03. The van der Waals surface area contributed by atoms with Gasteiger partial charge < -0.3 is 9.64 Å². The summed E-state index contributed by atoms with van der Waals surface area (Å²) in [5, 5.41) is 3.41. The van der Waals surface area contributed by atoms with Crippen LogP contribution in [0.1, 0.15) is 17.5 Å². The van der Waals surface area contributed by atoms with E-state index in [1.54, 1.807) is 0 Å². The first-order valence-corrected chi connectivity index (χ1v) is 8.49. The number of ether oxygens (including phenoxy) is 1.